The molecule has 0 amide bonds. The second-order valence-electron chi connectivity index (χ2n) is 4.35. The van der Waals surface area contributed by atoms with Crippen LogP contribution in [0, 0.1) is 0 Å². The molecule has 84 valence electrons. The third-order valence-electron chi connectivity index (χ3n) is 3.05. The molecule has 0 atom stereocenters. The zero-order valence-corrected chi connectivity index (χ0v) is 10.4. The molecule has 1 fully saturated rings. The van der Waals surface area contributed by atoms with Crippen molar-refractivity contribution >= 4 is 11.3 Å². The van der Waals surface area contributed by atoms with Gasteiger partial charge in [0.1, 0.15) is 0 Å². The Balaban J connectivity index is 1.82. The van der Waals surface area contributed by atoms with Crippen LogP contribution in [0.3, 0.4) is 0 Å². The zero-order chi connectivity index (χ0) is 10.7. The summed E-state index contributed by atoms with van der Waals surface area (Å²) in [5.74, 6) is 0.803. The van der Waals surface area contributed by atoms with E-state index in [9.17, 15) is 0 Å². The standard InChI is InChI=1S/C12H20N2S/c1-3-10(4-2)13-7-11-8-15-12(14-11)9-5-6-9/h8-10,13H,3-7H2,1-2H3. The summed E-state index contributed by atoms with van der Waals surface area (Å²) in [4.78, 5) is 4.67. The predicted molar refractivity (Wildman–Crippen MR) is 65.3 cm³/mol. The Bertz CT molecular complexity index is 300. The molecule has 2 rings (SSSR count). The van der Waals surface area contributed by atoms with Crippen LogP contribution in [0.4, 0.5) is 0 Å². The number of nitrogens with zero attached hydrogens (tertiary/aromatic N) is 1. The summed E-state index contributed by atoms with van der Waals surface area (Å²) in [6.45, 7) is 5.41. The van der Waals surface area contributed by atoms with Gasteiger partial charge in [-0.2, -0.15) is 0 Å². The first kappa shape index (κ1) is 11.1. The second-order valence-corrected chi connectivity index (χ2v) is 5.24. The average molecular weight is 224 g/mol. The van der Waals surface area contributed by atoms with E-state index in [2.05, 4.69) is 29.5 Å². The fourth-order valence-electron chi connectivity index (χ4n) is 1.75. The number of hydrogen-bond acceptors (Lipinski definition) is 3. The summed E-state index contributed by atoms with van der Waals surface area (Å²) in [6.07, 6.45) is 5.12. The molecule has 1 saturated carbocycles. The molecule has 0 aliphatic heterocycles. The molecule has 1 aliphatic rings. The van der Waals surface area contributed by atoms with E-state index in [0.29, 0.717) is 6.04 Å². The van der Waals surface area contributed by atoms with Gasteiger partial charge in [-0.15, -0.1) is 11.3 Å². The molecule has 1 aromatic rings. The molecule has 1 N–H and O–H groups in total. The first-order chi connectivity index (χ1) is 7.33. The maximum absolute atomic E-state index is 4.67. The van der Waals surface area contributed by atoms with E-state index in [1.54, 1.807) is 0 Å². The Morgan fingerprint density at radius 2 is 2.20 bits per heavy atom. The van der Waals surface area contributed by atoms with Gasteiger partial charge in [-0.3, -0.25) is 0 Å². The van der Waals surface area contributed by atoms with E-state index in [1.165, 1.54) is 36.4 Å². The van der Waals surface area contributed by atoms with Crippen molar-refractivity contribution in [3.63, 3.8) is 0 Å². The summed E-state index contributed by atoms with van der Waals surface area (Å²) in [6, 6.07) is 0.649. The molecule has 0 unspecified atom stereocenters. The van der Waals surface area contributed by atoms with Crippen LogP contribution in [0.1, 0.15) is 56.2 Å². The summed E-state index contributed by atoms with van der Waals surface area (Å²) in [5, 5.41) is 7.12. The van der Waals surface area contributed by atoms with Crippen LogP contribution in [0.2, 0.25) is 0 Å². The van der Waals surface area contributed by atoms with Crippen LogP contribution >= 0.6 is 11.3 Å². The fraction of sp³-hybridized carbons (Fsp3) is 0.750. The Labute approximate surface area is 96.1 Å². The predicted octanol–water partition coefficient (Wildman–Crippen LogP) is 3.30. The lowest BCUT2D eigenvalue weighted by Crippen LogP contribution is -2.27. The van der Waals surface area contributed by atoms with Crippen molar-refractivity contribution in [2.24, 2.45) is 0 Å². The summed E-state index contributed by atoms with van der Waals surface area (Å²) in [7, 11) is 0. The van der Waals surface area contributed by atoms with Crippen molar-refractivity contribution in [3.05, 3.63) is 16.1 Å². The van der Waals surface area contributed by atoms with E-state index in [0.717, 1.165) is 12.5 Å². The van der Waals surface area contributed by atoms with Gasteiger partial charge in [-0.05, 0) is 25.7 Å². The highest BCUT2D eigenvalue weighted by Gasteiger charge is 2.26. The average Bonchev–Trinajstić information content (AvgIpc) is 3.01. The number of rotatable bonds is 6. The van der Waals surface area contributed by atoms with E-state index in [4.69, 9.17) is 0 Å². The SMILES string of the molecule is CCC(CC)NCc1csc(C2CC2)n1. The van der Waals surface area contributed by atoms with E-state index >= 15 is 0 Å². The zero-order valence-electron chi connectivity index (χ0n) is 9.62. The number of hydrogen-bond donors (Lipinski definition) is 1. The molecule has 0 radical (unpaired) electrons. The van der Waals surface area contributed by atoms with Gasteiger partial charge < -0.3 is 5.32 Å². The van der Waals surface area contributed by atoms with Crippen molar-refractivity contribution < 1.29 is 0 Å². The molecule has 0 bridgehead atoms. The molecule has 1 aromatic heterocycles. The molecule has 0 spiro atoms. The number of nitrogens with one attached hydrogen (secondary N) is 1. The summed E-state index contributed by atoms with van der Waals surface area (Å²) in [5.41, 5.74) is 1.23. The van der Waals surface area contributed by atoms with Crippen molar-refractivity contribution in [1.29, 1.82) is 0 Å². The summed E-state index contributed by atoms with van der Waals surface area (Å²) < 4.78 is 0. The lowest BCUT2D eigenvalue weighted by Gasteiger charge is -2.13. The number of thiazole rings is 1. The highest BCUT2D eigenvalue weighted by atomic mass is 32.1. The topological polar surface area (TPSA) is 24.9 Å². The van der Waals surface area contributed by atoms with Gasteiger partial charge in [0, 0.05) is 23.9 Å². The molecule has 15 heavy (non-hydrogen) atoms. The van der Waals surface area contributed by atoms with Gasteiger partial charge in [0.05, 0.1) is 10.7 Å². The minimum atomic E-state index is 0.649. The Kier molecular flexibility index (Phi) is 3.76. The third-order valence-corrected chi connectivity index (χ3v) is 4.11. The lowest BCUT2D eigenvalue weighted by molar-refractivity contribution is 0.481. The second kappa shape index (κ2) is 5.08. The first-order valence-corrected chi connectivity index (χ1v) is 6.89. The molecule has 1 aliphatic carbocycles. The van der Waals surface area contributed by atoms with Gasteiger partial charge >= 0.3 is 0 Å². The maximum Gasteiger partial charge on any atom is 0.0959 e. The maximum atomic E-state index is 4.67. The molecule has 1 heterocycles. The van der Waals surface area contributed by atoms with E-state index in [1.807, 2.05) is 11.3 Å². The van der Waals surface area contributed by atoms with E-state index in [-0.39, 0.29) is 0 Å². The normalized spacial score (nSPS) is 16.2. The quantitative estimate of drug-likeness (QED) is 0.802. The van der Waals surface area contributed by atoms with E-state index < -0.39 is 0 Å². The van der Waals surface area contributed by atoms with Crippen molar-refractivity contribution in [2.75, 3.05) is 0 Å². The van der Waals surface area contributed by atoms with Gasteiger partial charge in [-0.1, -0.05) is 13.8 Å². The first-order valence-electron chi connectivity index (χ1n) is 6.01. The van der Waals surface area contributed by atoms with Crippen LogP contribution in [0.5, 0.6) is 0 Å². The van der Waals surface area contributed by atoms with Gasteiger partial charge in [0.25, 0.3) is 0 Å². The summed E-state index contributed by atoms with van der Waals surface area (Å²) >= 11 is 1.84. The van der Waals surface area contributed by atoms with Crippen molar-refractivity contribution in [1.82, 2.24) is 10.3 Å². The third kappa shape index (κ3) is 3.02. The van der Waals surface area contributed by atoms with Gasteiger partial charge in [-0.25, -0.2) is 4.98 Å². The lowest BCUT2D eigenvalue weighted by atomic mass is 10.2. The molecule has 2 nitrogen and oxygen atoms in total. The van der Waals surface area contributed by atoms with Crippen molar-refractivity contribution in [2.45, 2.75) is 58.0 Å². The Hall–Kier alpha value is -0.410. The minimum absolute atomic E-state index is 0.649. The van der Waals surface area contributed by atoms with Crippen LogP contribution in [0.25, 0.3) is 0 Å². The van der Waals surface area contributed by atoms with Crippen LogP contribution in [0.15, 0.2) is 5.38 Å². The molecular weight excluding hydrogens is 204 g/mol. The van der Waals surface area contributed by atoms with Crippen molar-refractivity contribution in [3.8, 4) is 0 Å². The largest absolute Gasteiger partial charge is 0.308 e. The molecule has 0 aromatic carbocycles. The highest BCUT2D eigenvalue weighted by Crippen LogP contribution is 2.41. The molecular formula is C12H20N2S. The smallest absolute Gasteiger partial charge is 0.0959 e. The van der Waals surface area contributed by atoms with Crippen LogP contribution < -0.4 is 5.32 Å². The Morgan fingerprint density at radius 1 is 1.47 bits per heavy atom. The number of aromatic nitrogens is 1. The Morgan fingerprint density at radius 3 is 2.80 bits per heavy atom. The molecule has 3 heteroatoms. The van der Waals surface area contributed by atoms with Gasteiger partial charge in [0.15, 0.2) is 0 Å². The monoisotopic (exact) mass is 224 g/mol. The highest BCUT2D eigenvalue weighted by molar-refractivity contribution is 7.09. The molecule has 0 saturated heterocycles. The van der Waals surface area contributed by atoms with Crippen LogP contribution in [-0.2, 0) is 6.54 Å². The minimum Gasteiger partial charge on any atom is -0.308 e. The van der Waals surface area contributed by atoms with Gasteiger partial charge in [0.2, 0.25) is 0 Å². The van der Waals surface area contributed by atoms with Crippen LogP contribution in [-0.4, -0.2) is 11.0 Å². The fourth-order valence-corrected chi connectivity index (χ4v) is 2.74.